The summed E-state index contributed by atoms with van der Waals surface area (Å²) in [5.41, 5.74) is 2.96. The van der Waals surface area contributed by atoms with Crippen molar-refractivity contribution in [1.29, 1.82) is 0 Å². The quantitative estimate of drug-likeness (QED) is 0.472. The van der Waals surface area contributed by atoms with Crippen LogP contribution in [0.1, 0.15) is 16.7 Å². The molecule has 0 radical (unpaired) electrons. The van der Waals surface area contributed by atoms with Crippen LogP contribution >= 0.6 is 0 Å². The third kappa shape index (κ3) is 4.63. The summed E-state index contributed by atoms with van der Waals surface area (Å²) < 4.78 is 11.5. The van der Waals surface area contributed by atoms with Crippen LogP contribution in [0.25, 0.3) is 22.9 Å². The van der Waals surface area contributed by atoms with Gasteiger partial charge in [-0.3, -0.25) is 0 Å². The van der Waals surface area contributed by atoms with Gasteiger partial charge in [0.25, 0.3) is 0 Å². The van der Waals surface area contributed by atoms with E-state index in [1.165, 1.54) is 5.56 Å². The number of benzene rings is 3. The van der Waals surface area contributed by atoms with Crippen molar-refractivity contribution >= 4 is 22.9 Å². The average molecular weight is 422 g/mol. The lowest BCUT2D eigenvalue weighted by Crippen LogP contribution is -2.60. The molecule has 4 N–H and O–H groups in total. The third-order valence-electron chi connectivity index (χ3n) is 5.50. The molecule has 0 aromatic heterocycles. The fourth-order valence-electron chi connectivity index (χ4n) is 3.62. The molecule has 1 heterocycles. The van der Waals surface area contributed by atoms with Gasteiger partial charge in [0.15, 0.2) is 0 Å². The van der Waals surface area contributed by atoms with Crippen molar-refractivity contribution in [3.05, 3.63) is 77.4 Å². The van der Waals surface area contributed by atoms with Crippen LogP contribution in [0.4, 0.5) is 0 Å². The van der Waals surface area contributed by atoms with Crippen LogP contribution in [-0.2, 0) is 4.74 Å². The van der Waals surface area contributed by atoms with E-state index in [1.807, 2.05) is 79.7 Å². The molecule has 3 aromatic carbocycles. The maximum atomic E-state index is 10.4. The van der Waals surface area contributed by atoms with Gasteiger partial charge in [0, 0.05) is 5.56 Å². The van der Waals surface area contributed by atoms with Gasteiger partial charge in [-0.1, -0.05) is 66.2 Å². The molecule has 0 aliphatic carbocycles. The zero-order valence-electron chi connectivity index (χ0n) is 17.1. The molecule has 5 atom stereocenters. The molecule has 3 aromatic rings. The molecule has 1 aliphatic heterocycles. The molecule has 0 spiro atoms. The molecular formula is C25H26O6. The van der Waals surface area contributed by atoms with Crippen LogP contribution < -0.4 is 4.74 Å². The molecule has 6 nitrogen and oxygen atoms in total. The Hall–Kier alpha value is -2.74. The van der Waals surface area contributed by atoms with E-state index in [9.17, 15) is 20.4 Å². The molecule has 162 valence electrons. The van der Waals surface area contributed by atoms with Gasteiger partial charge in [-0.2, -0.15) is 0 Å². The molecule has 1 unspecified atom stereocenters. The zero-order chi connectivity index (χ0) is 22.0. The highest BCUT2D eigenvalue weighted by Gasteiger charge is 2.44. The van der Waals surface area contributed by atoms with Crippen molar-refractivity contribution in [2.75, 3.05) is 6.61 Å². The minimum absolute atomic E-state index is 0.450. The fourth-order valence-corrected chi connectivity index (χ4v) is 3.62. The first-order valence-electron chi connectivity index (χ1n) is 10.2. The van der Waals surface area contributed by atoms with Crippen molar-refractivity contribution in [3.8, 4) is 5.75 Å². The van der Waals surface area contributed by atoms with Gasteiger partial charge < -0.3 is 29.9 Å². The van der Waals surface area contributed by atoms with Crippen molar-refractivity contribution in [1.82, 2.24) is 0 Å². The normalized spacial score (nSPS) is 26.4. The fraction of sp³-hybridized carbons (Fsp3) is 0.280. The van der Waals surface area contributed by atoms with Gasteiger partial charge >= 0.3 is 0 Å². The van der Waals surface area contributed by atoms with Crippen molar-refractivity contribution < 1.29 is 29.9 Å². The van der Waals surface area contributed by atoms with E-state index in [0.717, 1.165) is 21.9 Å². The van der Waals surface area contributed by atoms with Gasteiger partial charge in [-0.15, -0.1) is 0 Å². The van der Waals surface area contributed by atoms with Gasteiger partial charge in [-0.05, 0) is 35.4 Å². The van der Waals surface area contributed by atoms with Crippen molar-refractivity contribution in [2.24, 2.45) is 0 Å². The standard InChI is InChI=1S/C25H26O6/c1-15-6-8-16(9-7-15)10-11-19-12-17-4-2-3-5-18(17)13-20(19)30-25-24(29)23(28)22(27)21(14-26)31-25/h2-13,21-29H,14H2,1H3/b11-10+/t21-,22-,23+,24-,25?/m1/s1. The van der Waals surface area contributed by atoms with Crippen LogP contribution in [0.3, 0.4) is 0 Å². The summed E-state index contributed by atoms with van der Waals surface area (Å²) in [6.07, 6.45) is -2.81. The Morgan fingerprint density at radius 3 is 2.23 bits per heavy atom. The number of hydrogen-bond acceptors (Lipinski definition) is 6. The second kappa shape index (κ2) is 9.18. The van der Waals surface area contributed by atoms with Crippen LogP contribution in [-0.4, -0.2) is 57.7 Å². The minimum atomic E-state index is -1.50. The van der Waals surface area contributed by atoms with Gasteiger partial charge in [0.1, 0.15) is 30.2 Å². The van der Waals surface area contributed by atoms with E-state index in [4.69, 9.17) is 9.47 Å². The van der Waals surface area contributed by atoms with Crippen LogP contribution in [0.5, 0.6) is 5.75 Å². The Kier molecular flexibility index (Phi) is 6.36. The minimum Gasteiger partial charge on any atom is -0.461 e. The number of aliphatic hydroxyl groups excluding tert-OH is 4. The maximum absolute atomic E-state index is 10.4. The van der Waals surface area contributed by atoms with Crippen molar-refractivity contribution in [2.45, 2.75) is 37.6 Å². The first-order chi connectivity index (χ1) is 15.0. The predicted octanol–water partition coefficient (Wildman–Crippen LogP) is 2.50. The molecule has 1 saturated heterocycles. The number of fused-ring (bicyclic) bond motifs is 1. The van der Waals surface area contributed by atoms with Gasteiger partial charge in [0.05, 0.1) is 6.61 Å². The summed E-state index contributed by atoms with van der Waals surface area (Å²) >= 11 is 0. The van der Waals surface area contributed by atoms with Crippen LogP contribution in [0.15, 0.2) is 60.7 Å². The van der Waals surface area contributed by atoms with E-state index in [-0.39, 0.29) is 0 Å². The topological polar surface area (TPSA) is 99.4 Å². The molecular weight excluding hydrogens is 396 g/mol. The maximum Gasteiger partial charge on any atom is 0.229 e. The molecule has 6 heteroatoms. The highest BCUT2D eigenvalue weighted by molar-refractivity contribution is 5.88. The number of aryl methyl sites for hydroxylation is 1. The smallest absolute Gasteiger partial charge is 0.229 e. The summed E-state index contributed by atoms with van der Waals surface area (Å²) in [6.45, 7) is 1.52. The Bertz CT molecular complexity index is 1060. The summed E-state index contributed by atoms with van der Waals surface area (Å²) in [4.78, 5) is 0. The number of ether oxygens (including phenoxy) is 2. The number of aliphatic hydroxyl groups is 4. The van der Waals surface area contributed by atoms with E-state index in [0.29, 0.717) is 5.75 Å². The highest BCUT2D eigenvalue weighted by Crippen LogP contribution is 2.31. The van der Waals surface area contributed by atoms with Gasteiger partial charge in [0.2, 0.25) is 6.29 Å². The van der Waals surface area contributed by atoms with Crippen LogP contribution in [0, 0.1) is 6.92 Å². The first-order valence-corrected chi connectivity index (χ1v) is 10.2. The number of rotatable bonds is 5. The molecule has 1 aliphatic rings. The average Bonchev–Trinajstić information content (AvgIpc) is 2.79. The SMILES string of the molecule is Cc1ccc(/C=C/c2cc3ccccc3cc2OC2O[C@H](CO)[C@@H](O)[C@H](O)[C@H]2O)cc1. The molecule has 4 rings (SSSR count). The lowest BCUT2D eigenvalue weighted by atomic mass is 9.99. The van der Waals surface area contributed by atoms with E-state index in [2.05, 4.69) is 0 Å². The molecule has 0 saturated carbocycles. The summed E-state index contributed by atoms with van der Waals surface area (Å²) in [7, 11) is 0. The zero-order valence-corrected chi connectivity index (χ0v) is 17.1. The summed E-state index contributed by atoms with van der Waals surface area (Å²) in [5.74, 6) is 0.450. The van der Waals surface area contributed by atoms with E-state index in [1.54, 1.807) is 0 Å². The highest BCUT2D eigenvalue weighted by atomic mass is 16.7. The second-order valence-corrected chi connectivity index (χ2v) is 7.80. The monoisotopic (exact) mass is 422 g/mol. The third-order valence-corrected chi connectivity index (χ3v) is 5.50. The first kappa shape index (κ1) is 21.5. The predicted molar refractivity (Wildman–Crippen MR) is 118 cm³/mol. The summed E-state index contributed by atoms with van der Waals surface area (Å²) in [6, 6.07) is 19.7. The Labute approximate surface area is 180 Å². The Morgan fingerprint density at radius 2 is 1.55 bits per heavy atom. The molecule has 0 bridgehead atoms. The van der Waals surface area contributed by atoms with Crippen molar-refractivity contribution in [3.63, 3.8) is 0 Å². The molecule has 0 amide bonds. The Morgan fingerprint density at radius 1 is 0.871 bits per heavy atom. The lowest BCUT2D eigenvalue weighted by Gasteiger charge is -2.39. The van der Waals surface area contributed by atoms with E-state index >= 15 is 0 Å². The second-order valence-electron chi connectivity index (χ2n) is 7.80. The van der Waals surface area contributed by atoms with Gasteiger partial charge in [-0.25, -0.2) is 0 Å². The van der Waals surface area contributed by atoms with Crippen LogP contribution in [0.2, 0.25) is 0 Å². The largest absolute Gasteiger partial charge is 0.461 e. The lowest BCUT2D eigenvalue weighted by molar-refractivity contribution is -0.277. The molecule has 31 heavy (non-hydrogen) atoms. The molecule has 1 fully saturated rings. The Balaban J connectivity index is 1.68. The number of hydrogen-bond donors (Lipinski definition) is 4. The summed E-state index contributed by atoms with van der Waals surface area (Å²) in [5, 5.41) is 41.8. The van der Waals surface area contributed by atoms with E-state index < -0.39 is 37.3 Å².